The molecule has 1 amide bonds. The highest BCUT2D eigenvalue weighted by atomic mass is 32.1. The lowest BCUT2D eigenvalue weighted by Crippen LogP contribution is -2.49. The number of nitrogens with zero attached hydrogens (tertiary/aromatic N) is 5. The van der Waals surface area contributed by atoms with Gasteiger partial charge in [-0.1, -0.05) is 13.8 Å². The lowest BCUT2D eigenvalue weighted by atomic mass is 10.2. The second-order valence-electron chi connectivity index (χ2n) is 6.49. The Bertz CT molecular complexity index is 751. The molecule has 0 radical (unpaired) electrons. The predicted octanol–water partition coefficient (Wildman–Crippen LogP) is 1.79. The van der Waals surface area contributed by atoms with E-state index in [1.807, 2.05) is 17.9 Å². The third-order valence-electron chi connectivity index (χ3n) is 4.21. The zero-order valence-corrected chi connectivity index (χ0v) is 15.7. The Hall–Kier alpha value is -2.06. The first kappa shape index (κ1) is 17.8. The van der Waals surface area contributed by atoms with Crippen molar-refractivity contribution in [3.63, 3.8) is 0 Å². The van der Waals surface area contributed by atoms with Crippen molar-refractivity contribution in [3.05, 3.63) is 33.7 Å². The maximum Gasteiger partial charge on any atom is 0.273 e. The molecule has 2 N–H and O–H groups in total. The fourth-order valence-electron chi connectivity index (χ4n) is 2.80. The van der Waals surface area contributed by atoms with Crippen LogP contribution in [0.2, 0.25) is 0 Å². The third kappa shape index (κ3) is 3.96. The largest absolute Gasteiger partial charge is 0.353 e. The quantitative estimate of drug-likeness (QED) is 0.894. The van der Waals surface area contributed by atoms with Crippen molar-refractivity contribution in [1.82, 2.24) is 19.9 Å². The third-order valence-corrected chi connectivity index (χ3v) is 5.08. The number of hydrogen-bond acceptors (Lipinski definition) is 7. The van der Waals surface area contributed by atoms with E-state index in [9.17, 15) is 4.79 Å². The zero-order chi connectivity index (χ0) is 18.0. The maximum absolute atomic E-state index is 12.6. The first-order valence-electron chi connectivity index (χ1n) is 8.52. The summed E-state index contributed by atoms with van der Waals surface area (Å²) >= 11 is 1.43. The Morgan fingerprint density at radius 2 is 1.96 bits per heavy atom. The van der Waals surface area contributed by atoms with Crippen LogP contribution in [0.5, 0.6) is 0 Å². The number of rotatable bonds is 4. The molecule has 7 nitrogen and oxygen atoms in total. The highest BCUT2D eigenvalue weighted by molar-refractivity contribution is 7.09. The first-order valence-corrected chi connectivity index (χ1v) is 9.40. The van der Waals surface area contributed by atoms with Crippen molar-refractivity contribution in [2.24, 2.45) is 5.73 Å². The topological polar surface area (TPSA) is 88.2 Å². The summed E-state index contributed by atoms with van der Waals surface area (Å²) in [7, 11) is 0. The number of thiazole rings is 1. The van der Waals surface area contributed by atoms with E-state index in [0.29, 0.717) is 31.2 Å². The van der Waals surface area contributed by atoms with Crippen LogP contribution in [0.4, 0.5) is 5.82 Å². The summed E-state index contributed by atoms with van der Waals surface area (Å²) in [5, 5.41) is 2.58. The smallest absolute Gasteiger partial charge is 0.273 e. The standard InChI is InChI=1S/C17H24N6OS/c1-11(2)16-19-12(3)8-14(21-16)22-4-6-23(7-5-22)17(24)13-10-25-15(9-18)20-13/h8,10-11H,4-7,9,18H2,1-3H3. The molecular formula is C17H24N6OS. The molecule has 0 aromatic carbocycles. The highest BCUT2D eigenvalue weighted by Gasteiger charge is 2.25. The van der Waals surface area contributed by atoms with Crippen molar-refractivity contribution in [1.29, 1.82) is 0 Å². The van der Waals surface area contributed by atoms with E-state index in [2.05, 4.69) is 33.7 Å². The number of nitrogens with two attached hydrogens (primary N) is 1. The van der Waals surface area contributed by atoms with Crippen molar-refractivity contribution in [3.8, 4) is 0 Å². The monoisotopic (exact) mass is 360 g/mol. The average molecular weight is 360 g/mol. The van der Waals surface area contributed by atoms with Crippen LogP contribution in [0.1, 0.15) is 46.8 Å². The Morgan fingerprint density at radius 3 is 2.56 bits per heavy atom. The van der Waals surface area contributed by atoms with Crippen molar-refractivity contribution in [2.75, 3.05) is 31.1 Å². The van der Waals surface area contributed by atoms with Crippen LogP contribution < -0.4 is 10.6 Å². The molecule has 2 aromatic rings. The number of hydrogen-bond donors (Lipinski definition) is 1. The minimum Gasteiger partial charge on any atom is -0.353 e. The van der Waals surface area contributed by atoms with E-state index in [0.717, 1.165) is 35.4 Å². The number of anilines is 1. The summed E-state index contributed by atoms with van der Waals surface area (Å²) in [4.78, 5) is 30.1. The van der Waals surface area contributed by atoms with Crippen molar-refractivity contribution < 1.29 is 4.79 Å². The van der Waals surface area contributed by atoms with Gasteiger partial charge in [-0.25, -0.2) is 15.0 Å². The molecule has 1 aliphatic rings. The second kappa shape index (κ2) is 7.45. The Balaban J connectivity index is 1.66. The van der Waals surface area contributed by atoms with E-state index >= 15 is 0 Å². The molecule has 1 fully saturated rings. The predicted molar refractivity (Wildman–Crippen MR) is 99.0 cm³/mol. The van der Waals surface area contributed by atoms with E-state index in [-0.39, 0.29) is 5.91 Å². The molecule has 0 bridgehead atoms. The fraction of sp³-hybridized carbons (Fsp3) is 0.529. The summed E-state index contributed by atoms with van der Waals surface area (Å²) in [6.45, 7) is 9.40. The average Bonchev–Trinajstić information content (AvgIpc) is 3.10. The summed E-state index contributed by atoms with van der Waals surface area (Å²) in [5.41, 5.74) is 7.05. The van der Waals surface area contributed by atoms with Gasteiger partial charge in [-0.2, -0.15) is 0 Å². The molecule has 0 atom stereocenters. The molecule has 3 rings (SSSR count). The van der Waals surface area contributed by atoms with Gasteiger partial charge in [0, 0.05) is 55.8 Å². The Labute approximate surface area is 151 Å². The van der Waals surface area contributed by atoms with Gasteiger partial charge in [-0.05, 0) is 6.92 Å². The van der Waals surface area contributed by atoms with Crippen molar-refractivity contribution in [2.45, 2.75) is 33.2 Å². The molecule has 2 aromatic heterocycles. The van der Waals surface area contributed by atoms with Gasteiger partial charge >= 0.3 is 0 Å². The number of aromatic nitrogens is 3. The first-order chi connectivity index (χ1) is 12.0. The van der Waals surface area contributed by atoms with Gasteiger partial charge in [-0.15, -0.1) is 11.3 Å². The van der Waals surface area contributed by atoms with Gasteiger partial charge in [0.1, 0.15) is 22.3 Å². The van der Waals surface area contributed by atoms with Crippen LogP contribution in [0, 0.1) is 6.92 Å². The Morgan fingerprint density at radius 1 is 1.24 bits per heavy atom. The molecule has 134 valence electrons. The van der Waals surface area contributed by atoms with Gasteiger partial charge in [0.25, 0.3) is 5.91 Å². The minimum absolute atomic E-state index is 0.0164. The maximum atomic E-state index is 12.6. The van der Waals surface area contributed by atoms with E-state index in [4.69, 9.17) is 5.73 Å². The molecule has 0 aliphatic carbocycles. The number of carbonyl (C=O) groups is 1. The van der Waals surface area contributed by atoms with Crippen LogP contribution in [-0.4, -0.2) is 51.9 Å². The summed E-state index contributed by atoms with van der Waals surface area (Å²) in [5.74, 6) is 2.09. The zero-order valence-electron chi connectivity index (χ0n) is 14.9. The molecule has 0 unspecified atom stereocenters. The number of aryl methyl sites for hydroxylation is 1. The SMILES string of the molecule is Cc1cc(N2CCN(C(=O)c3csc(CN)n3)CC2)nc(C(C)C)n1. The van der Waals surface area contributed by atoms with Crippen LogP contribution in [0.15, 0.2) is 11.4 Å². The normalized spacial score (nSPS) is 15.1. The molecule has 1 saturated heterocycles. The summed E-state index contributed by atoms with van der Waals surface area (Å²) in [6, 6.07) is 2.01. The molecule has 3 heterocycles. The van der Waals surface area contributed by atoms with Gasteiger partial charge in [0.05, 0.1) is 0 Å². The molecular weight excluding hydrogens is 336 g/mol. The van der Waals surface area contributed by atoms with E-state index in [1.54, 1.807) is 5.38 Å². The minimum atomic E-state index is -0.0164. The number of carbonyl (C=O) groups excluding carboxylic acids is 1. The molecule has 8 heteroatoms. The lowest BCUT2D eigenvalue weighted by molar-refractivity contribution is 0.0741. The number of amides is 1. The van der Waals surface area contributed by atoms with Crippen LogP contribution in [0.3, 0.4) is 0 Å². The Kier molecular flexibility index (Phi) is 5.29. The second-order valence-corrected chi connectivity index (χ2v) is 7.43. The van der Waals surface area contributed by atoms with E-state index < -0.39 is 0 Å². The molecule has 1 aliphatic heterocycles. The number of piperazine rings is 1. The molecule has 0 saturated carbocycles. The van der Waals surface area contributed by atoms with Gasteiger partial charge in [-0.3, -0.25) is 4.79 Å². The van der Waals surface area contributed by atoms with Crippen LogP contribution >= 0.6 is 11.3 Å². The van der Waals surface area contributed by atoms with Gasteiger partial charge in [0.2, 0.25) is 0 Å². The summed E-state index contributed by atoms with van der Waals surface area (Å²) in [6.07, 6.45) is 0. The van der Waals surface area contributed by atoms with Crippen LogP contribution in [-0.2, 0) is 6.54 Å². The summed E-state index contributed by atoms with van der Waals surface area (Å²) < 4.78 is 0. The molecule has 25 heavy (non-hydrogen) atoms. The fourth-order valence-corrected chi connectivity index (χ4v) is 3.45. The lowest BCUT2D eigenvalue weighted by Gasteiger charge is -2.35. The van der Waals surface area contributed by atoms with Crippen LogP contribution in [0.25, 0.3) is 0 Å². The van der Waals surface area contributed by atoms with Crippen molar-refractivity contribution >= 4 is 23.1 Å². The van der Waals surface area contributed by atoms with E-state index in [1.165, 1.54) is 11.3 Å². The molecule has 0 spiro atoms. The highest BCUT2D eigenvalue weighted by Crippen LogP contribution is 2.19. The van der Waals surface area contributed by atoms with Gasteiger partial charge < -0.3 is 15.5 Å². The van der Waals surface area contributed by atoms with Gasteiger partial charge in [0.15, 0.2) is 0 Å².